The van der Waals surface area contributed by atoms with Crippen LogP contribution in [0, 0.1) is 16.3 Å². The van der Waals surface area contributed by atoms with Crippen molar-refractivity contribution >= 4 is 38.3 Å². The lowest BCUT2D eigenvalue weighted by Crippen LogP contribution is -2.15. The van der Waals surface area contributed by atoms with Crippen molar-refractivity contribution in [1.82, 2.24) is 0 Å². The average molecular weight is 420 g/mol. The highest BCUT2D eigenvalue weighted by molar-refractivity contribution is 14.1. The Morgan fingerprint density at radius 2 is 1.95 bits per heavy atom. The van der Waals surface area contributed by atoms with Crippen molar-refractivity contribution in [2.45, 2.75) is 18.4 Å². The molecule has 0 spiro atoms. The Labute approximate surface area is 136 Å². The van der Waals surface area contributed by atoms with Crippen molar-refractivity contribution in [3.8, 4) is 0 Å². The molecule has 0 atom stereocenters. The van der Waals surface area contributed by atoms with Crippen LogP contribution in [0.25, 0.3) is 0 Å². The van der Waals surface area contributed by atoms with Crippen LogP contribution in [0.3, 0.4) is 0 Å². The van der Waals surface area contributed by atoms with E-state index < -0.39 is 15.8 Å². The van der Waals surface area contributed by atoms with Crippen molar-refractivity contribution in [2.75, 3.05) is 4.72 Å². The Hall–Kier alpha value is -1.19. The molecule has 0 radical (unpaired) electrons. The van der Waals surface area contributed by atoms with Gasteiger partial charge in [0.05, 0.1) is 10.6 Å². The molecule has 0 bridgehead atoms. The van der Waals surface area contributed by atoms with E-state index in [0.29, 0.717) is 5.69 Å². The maximum absolute atomic E-state index is 13.8. The number of benzene rings is 2. The first-order chi connectivity index (χ1) is 9.85. The van der Waals surface area contributed by atoms with Crippen LogP contribution in [-0.4, -0.2) is 8.42 Å². The smallest absolute Gasteiger partial charge is 0.261 e. The van der Waals surface area contributed by atoms with E-state index in [0.717, 1.165) is 3.57 Å². The summed E-state index contributed by atoms with van der Waals surface area (Å²) in [5.41, 5.74) is 6.36. The van der Waals surface area contributed by atoms with Gasteiger partial charge in [-0.2, -0.15) is 0 Å². The highest BCUT2D eigenvalue weighted by atomic mass is 127. The van der Waals surface area contributed by atoms with Crippen LogP contribution >= 0.6 is 22.6 Å². The monoisotopic (exact) mass is 420 g/mol. The van der Waals surface area contributed by atoms with Gasteiger partial charge < -0.3 is 5.73 Å². The molecular formula is C14H14FIN2O2S. The van der Waals surface area contributed by atoms with Crippen LogP contribution in [0.5, 0.6) is 0 Å². The molecule has 0 heterocycles. The molecule has 2 rings (SSSR count). The molecule has 0 aliphatic rings. The van der Waals surface area contributed by atoms with Crippen LogP contribution in [0.15, 0.2) is 41.3 Å². The molecule has 4 nitrogen and oxygen atoms in total. The first-order valence-corrected chi connectivity index (χ1v) is 8.68. The molecule has 0 amide bonds. The zero-order valence-corrected chi connectivity index (χ0v) is 14.2. The standard InChI is InChI=1S/C14H14FIN2O2S/c1-9-6-11(7-10(8-17)14(9)15)21(19,20)18-13-5-3-2-4-12(13)16/h2-7,18H,8,17H2,1H3. The predicted octanol–water partition coefficient (Wildman–Crippen LogP) is 3.00. The summed E-state index contributed by atoms with van der Waals surface area (Å²) in [7, 11) is -3.78. The summed E-state index contributed by atoms with van der Waals surface area (Å²) < 4.78 is 41.9. The first kappa shape index (κ1) is 16.2. The minimum atomic E-state index is -3.78. The second-order valence-electron chi connectivity index (χ2n) is 4.50. The summed E-state index contributed by atoms with van der Waals surface area (Å²) >= 11 is 2.04. The van der Waals surface area contributed by atoms with E-state index in [1.54, 1.807) is 18.2 Å². The summed E-state index contributed by atoms with van der Waals surface area (Å²) in [6.07, 6.45) is 0. The van der Waals surface area contributed by atoms with Crippen molar-refractivity contribution < 1.29 is 12.8 Å². The third kappa shape index (κ3) is 3.53. The van der Waals surface area contributed by atoms with Gasteiger partial charge in [0.2, 0.25) is 0 Å². The van der Waals surface area contributed by atoms with Gasteiger partial charge in [-0.15, -0.1) is 0 Å². The third-order valence-electron chi connectivity index (χ3n) is 2.95. The maximum Gasteiger partial charge on any atom is 0.261 e. The molecule has 0 saturated heterocycles. The van der Waals surface area contributed by atoms with E-state index >= 15 is 0 Å². The van der Waals surface area contributed by atoms with Gasteiger partial charge in [0.1, 0.15) is 5.82 Å². The number of nitrogens with two attached hydrogens (primary N) is 1. The van der Waals surface area contributed by atoms with E-state index in [1.165, 1.54) is 19.1 Å². The maximum atomic E-state index is 13.8. The molecule has 0 aliphatic carbocycles. The van der Waals surface area contributed by atoms with E-state index in [4.69, 9.17) is 5.73 Å². The molecule has 2 aromatic rings. The molecule has 0 aromatic heterocycles. The fraction of sp³-hybridized carbons (Fsp3) is 0.143. The normalized spacial score (nSPS) is 11.4. The molecular weight excluding hydrogens is 406 g/mol. The number of halogens is 2. The zero-order chi connectivity index (χ0) is 15.6. The number of hydrogen-bond acceptors (Lipinski definition) is 3. The number of anilines is 1. The third-order valence-corrected chi connectivity index (χ3v) is 5.24. The molecule has 2 aromatic carbocycles. The van der Waals surface area contributed by atoms with Gasteiger partial charge in [-0.1, -0.05) is 12.1 Å². The van der Waals surface area contributed by atoms with Gasteiger partial charge >= 0.3 is 0 Å². The van der Waals surface area contributed by atoms with E-state index in [2.05, 4.69) is 4.72 Å². The largest absolute Gasteiger partial charge is 0.326 e. The number of nitrogens with one attached hydrogen (secondary N) is 1. The Balaban J connectivity index is 2.45. The SMILES string of the molecule is Cc1cc(S(=O)(=O)Nc2ccccc2I)cc(CN)c1F. The summed E-state index contributed by atoms with van der Waals surface area (Å²) in [6.45, 7) is 1.46. The number of para-hydroxylation sites is 1. The first-order valence-electron chi connectivity index (χ1n) is 6.11. The molecule has 112 valence electrons. The molecule has 21 heavy (non-hydrogen) atoms. The fourth-order valence-corrected chi connectivity index (χ4v) is 3.78. The summed E-state index contributed by atoms with van der Waals surface area (Å²) in [5.74, 6) is -0.467. The minimum Gasteiger partial charge on any atom is -0.326 e. The number of hydrogen-bond donors (Lipinski definition) is 2. The van der Waals surface area contributed by atoms with Gasteiger partial charge in [-0.3, -0.25) is 4.72 Å². The molecule has 3 N–H and O–H groups in total. The Kier molecular flexibility index (Phi) is 4.84. The van der Waals surface area contributed by atoms with Crippen molar-refractivity contribution in [2.24, 2.45) is 5.73 Å². The van der Waals surface area contributed by atoms with Gasteiger partial charge in [0.15, 0.2) is 0 Å². The van der Waals surface area contributed by atoms with E-state index in [9.17, 15) is 12.8 Å². The highest BCUT2D eigenvalue weighted by Crippen LogP contribution is 2.24. The van der Waals surface area contributed by atoms with Crippen LogP contribution in [0.4, 0.5) is 10.1 Å². The predicted molar refractivity (Wildman–Crippen MR) is 89.0 cm³/mol. The van der Waals surface area contributed by atoms with Gasteiger partial charge in [0, 0.05) is 15.7 Å². The number of aryl methyl sites for hydroxylation is 1. The zero-order valence-electron chi connectivity index (χ0n) is 11.2. The lowest BCUT2D eigenvalue weighted by atomic mass is 10.1. The number of rotatable bonds is 4. The lowest BCUT2D eigenvalue weighted by molar-refractivity contribution is 0.592. The molecule has 0 saturated carbocycles. The highest BCUT2D eigenvalue weighted by Gasteiger charge is 2.18. The second-order valence-corrected chi connectivity index (χ2v) is 7.35. The quantitative estimate of drug-likeness (QED) is 0.748. The van der Waals surface area contributed by atoms with Crippen molar-refractivity contribution in [1.29, 1.82) is 0 Å². The van der Waals surface area contributed by atoms with Crippen molar-refractivity contribution in [3.05, 3.63) is 56.9 Å². The summed E-state index contributed by atoms with van der Waals surface area (Å²) in [4.78, 5) is 0.00139. The topological polar surface area (TPSA) is 72.2 Å². The van der Waals surface area contributed by atoms with Gasteiger partial charge in [-0.25, -0.2) is 12.8 Å². The van der Waals surface area contributed by atoms with Crippen LogP contribution in [-0.2, 0) is 16.6 Å². The van der Waals surface area contributed by atoms with Crippen LogP contribution in [0.2, 0.25) is 0 Å². The van der Waals surface area contributed by atoms with Crippen LogP contribution < -0.4 is 10.5 Å². The fourth-order valence-electron chi connectivity index (χ4n) is 1.86. The summed E-state index contributed by atoms with van der Waals surface area (Å²) in [5, 5.41) is 0. The van der Waals surface area contributed by atoms with Crippen LogP contribution in [0.1, 0.15) is 11.1 Å². The second kappa shape index (κ2) is 6.29. The van der Waals surface area contributed by atoms with E-state index in [-0.39, 0.29) is 22.6 Å². The van der Waals surface area contributed by atoms with Crippen molar-refractivity contribution in [3.63, 3.8) is 0 Å². The Morgan fingerprint density at radius 1 is 1.29 bits per heavy atom. The Morgan fingerprint density at radius 3 is 2.57 bits per heavy atom. The number of sulfonamides is 1. The molecule has 7 heteroatoms. The lowest BCUT2D eigenvalue weighted by Gasteiger charge is -2.12. The average Bonchev–Trinajstić information content (AvgIpc) is 2.44. The van der Waals surface area contributed by atoms with Gasteiger partial charge in [0.25, 0.3) is 10.0 Å². The molecule has 0 aliphatic heterocycles. The minimum absolute atomic E-state index is 0.00139. The molecule has 0 fully saturated rings. The van der Waals surface area contributed by atoms with Gasteiger partial charge in [-0.05, 0) is 59.3 Å². The van der Waals surface area contributed by atoms with E-state index in [1.807, 2.05) is 28.7 Å². The molecule has 0 unspecified atom stereocenters. The summed E-state index contributed by atoms with van der Waals surface area (Å²) in [6, 6.07) is 9.57. The Bertz CT molecular complexity index is 779.